The summed E-state index contributed by atoms with van der Waals surface area (Å²) in [5, 5.41) is 0. The van der Waals surface area contributed by atoms with Gasteiger partial charge in [-0.3, -0.25) is 4.79 Å². The van der Waals surface area contributed by atoms with Crippen LogP contribution in [0.1, 0.15) is 17.3 Å². The average Bonchev–Trinajstić information content (AvgIpc) is 2.48. The van der Waals surface area contributed by atoms with Gasteiger partial charge in [0.15, 0.2) is 0 Å². The van der Waals surface area contributed by atoms with Crippen LogP contribution in [0.5, 0.6) is 0 Å². The Balaban J connectivity index is 1.93. The molecular weight excluding hydrogens is 258 g/mol. The van der Waals surface area contributed by atoms with Crippen LogP contribution >= 0.6 is 0 Å². The lowest BCUT2D eigenvalue weighted by Gasteiger charge is -2.35. The molecule has 0 unspecified atom stereocenters. The van der Waals surface area contributed by atoms with Crippen molar-refractivity contribution in [1.82, 2.24) is 4.90 Å². The Labute approximate surface area is 118 Å². The van der Waals surface area contributed by atoms with E-state index in [-0.39, 0.29) is 6.09 Å². The van der Waals surface area contributed by atoms with E-state index < -0.39 is 5.91 Å². The van der Waals surface area contributed by atoms with Crippen molar-refractivity contribution in [1.29, 1.82) is 0 Å². The maximum Gasteiger partial charge on any atom is 0.409 e. The van der Waals surface area contributed by atoms with Crippen molar-refractivity contribution in [2.24, 2.45) is 5.73 Å². The van der Waals surface area contributed by atoms with E-state index in [4.69, 9.17) is 10.5 Å². The fourth-order valence-electron chi connectivity index (χ4n) is 2.20. The summed E-state index contributed by atoms with van der Waals surface area (Å²) < 4.78 is 4.98. The van der Waals surface area contributed by atoms with Crippen LogP contribution in [0.2, 0.25) is 0 Å². The topological polar surface area (TPSA) is 75.9 Å². The Morgan fingerprint density at radius 1 is 1.15 bits per heavy atom. The number of hydrogen-bond acceptors (Lipinski definition) is 4. The first-order valence-electron chi connectivity index (χ1n) is 6.68. The molecule has 0 radical (unpaired) electrons. The summed E-state index contributed by atoms with van der Waals surface area (Å²) in [6.45, 7) is 4.96. The third kappa shape index (κ3) is 3.20. The van der Waals surface area contributed by atoms with Crippen LogP contribution in [0.3, 0.4) is 0 Å². The maximum atomic E-state index is 11.6. The molecule has 0 aromatic heterocycles. The van der Waals surface area contributed by atoms with Crippen molar-refractivity contribution in [2.45, 2.75) is 6.92 Å². The van der Waals surface area contributed by atoms with Crippen molar-refractivity contribution >= 4 is 17.7 Å². The number of ether oxygens (including phenoxy) is 1. The first kappa shape index (κ1) is 14.2. The molecule has 108 valence electrons. The monoisotopic (exact) mass is 277 g/mol. The van der Waals surface area contributed by atoms with Gasteiger partial charge < -0.3 is 20.3 Å². The Morgan fingerprint density at radius 3 is 2.25 bits per heavy atom. The van der Waals surface area contributed by atoms with Crippen LogP contribution in [-0.2, 0) is 4.74 Å². The second-order valence-electron chi connectivity index (χ2n) is 4.58. The van der Waals surface area contributed by atoms with Crippen LogP contribution in [-0.4, -0.2) is 49.7 Å². The highest BCUT2D eigenvalue weighted by molar-refractivity contribution is 5.93. The molecule has 1 aromatic rings. The van der Waals surface area contributed by atoms with E-state index >= 15 is 0 Å². The Hall–Kier alpha value is -2.24. The molecule has 20 heavy (non-hydrogen) atoms. The number of nitrogens with two attached hydrogens (primary N) is 1. The van der Waals surface area contributed by atoms with Gasteiger partial charge in [0.1, 0.15) is 0 Å². The molecule has 2 amide bonds. The zero-order valence-corrected chi connectivity index (χ0v) is 11.5. The van der Waals surface area contributed by atoms with Gasteiger partial charge in [0.05, 0.1) is 6.61 Å². The van der Waals surface area contributed by atoms with Crippen LogP contribution in [0.25, 0.3) is 0 Å². The van der Waals surface area contributed by atoms with E-state index in [2.05, 4.69) is 4.90 Å². The third-order valence-corrected chi connectivity index (χ3v) is 3.32. The molecule has 2 N–H and O–H groups in total. The molecule has 1 aliphatic rings. The van der Waals surface area contributed by atoms with Gasteiger partial charge in [0, 0.05) is 37.4 Å². The van der Waals surface area contributed by atoms with Gasteiger partial charge in [0.2, 0.25) is 5.91 Å². The minimum atomic E-state index is -0.427. The van der Waals surface area contributed by atoms with Crippen LogP contribution in [0, 0.1) is 0 Å². The molecule has 2 rings (SSSR count). The largest absolute Gasteiger partial charge is 0.450 e. The lowest BCUT2D eigenvalue weighted by atomic mass is 10.1. The molecule has 0 spiro atoms. The summed E-state index contributed by atoms with van der Waals surface area (Å²) in [6.07, 6.45) is -0.253. The predicted octanol–water partition coefficient (Wildman–Crippen LogP) is 1.06. The highest BCUT2D eigenvalue weighted by Gasteiger charge is 2.21. The van der Waals surface area contributed by atoms with Crippen LogP contribution in [0.4, 0.5) is 10.5 Å². The third-order valence-electron chi connectivity index (χ3n) is 3.32. The molecule has 6 heteroatoms. The summed E-state index contributed by atoms with van der Waals surface area (Å²) in [5.74, 6) is -0.427. The van der Waals surface area contributed by atoms with Gasteiger partial charge in [0.25, 0.3) is 0 Å². The maximum absolute atomic E-state index is 11.6. The zero-order chi connectivity index (χ0) is 14.5. The number of carbonyl (C=O) groups excluding carboxylic acids is 2. The lowest BCUT2D eigenvalue weighted by Crippen LogP contribution is -2.49. The minimum Gasteiger partial charge on any atom is -0.450 e. The van der Waals surface area contributed by atoms with E-state index in [0.29, 0.717) is 25.3 Å². The lowest BCUT2D eigenvalue weighted by molar-refractivity contribution is 0.0998. The van der Waals surface area contributed by atoms with Crippen LogP contribution < -0.4 is 10.6 Å². The highest BCUT2D eigenvalue weighted by Crippen LogP contribution is 2.17. The second kappa shape index (κ2) is 6.27. The normalized spacial score (nSPS) is 15.1. The Kier molecular flexibility index (Phi) is 4.45. The van der Waals surface area contributed by atoms with Gasteiger partial charge in [-0.25, -0.2) is 4.79 Å². The molecule has 1 saturated heterocycles. The van der Waals surface area contributed by atoms with Crippen molar-refractivity contribution in [3.63, 3.8) is 0 Å². The van der Waals surface area contributed by atoms with Crippen LogP contribution in [0.15, 0.2) is 24.3 Å². The fraction of sp³-hybridized carbons (Fsp3) is 0.429. The molecule has 1 aliphatic heterocycles. The van der Waals surface area contributed by atoms with Crippen molar-refractivity contribution in [3.8, 4) is 0 Å². The fourth-order valence-corrected chi connectivity index (χ4v) is 2.20. The number of anilines is 1. The predicted molar refractivity (Wildman–Crippen MR) is 75.8 cm³/mol. The first-order valence-corrected chi connectivity index (χ1v) is 6.68. The van der Waals surface area contributed by atoms with Gasteiger partial charge in [-0.15, -0.1) is 0 Å². The van der Waals surface area contributed by atoms with Gasteiger partial charge in [-0.1, -0.05) is 0 Å². The van der Waals surface area contributed by atoms with E-state index in [1.165, 1.54) is 0 Å². The Morgan fingerprint density at radius 2 is 1.75 bits per heavy atom. The standard InChI is InChI=1S/C14H19N3O3/c1-2-20-14(19)17-9-7-16(8-10-17)12-5-3-11(4-6-12)13(15)18/h3-6H,2,7-10H2,1H3,(H2,15,18). The number of benzene rings is 1. The SMILES string of the molecule is CCOC(=O)N1CCN(c2ccc(C(N)=O)cc2)CC1. The molecule has 0 aliphatic carbocycles. The average molecular weight is 277 g/mol. The molecule has 1 aromatic carbocycles. The summed E-state index contributed by atoms with van der Waals surface area (Å²) in [4.78, 5) is 26.5. The van der Waals surface area contributed by atoms with Gasteiger partial charge in [-0.2, -0.15) is 0 Å². The van der Waals surface area contributed by atoms with Crippen molar-refractivity contribution in [2.75, 3.05) is 37.7 Å². The number of piperazine rings is 1. The number of primary amides is 1. The van der Waals surface area contributed by atoms with E-state index in [9.17, 15) is 9.59 Å². The van der Waals surface area contributed by atoms with Gasteiger partial charge in [-0.05, 0) is 31.2 Å². The molecule has 1 heterocycles. The van der Waals surface area contributed by atoms with E-state index in [1.54, 1.807) is 24.0 Å². The molecule has 6 nitrogen and oxygen atoms in total. The molecule has 0 saturated carbocycles. The molecule has 0 atom stereocenters. The van der Waals surface area contributed by atoms with Crippen molar-refractivity contribution < 1.29 is 14.3 Å². The summed E-state index contributed by atoms with van der Waals surface area (Å²) in [7, 11) is 0. The summed E-state index contributed by atoms with van der Waals surface area (Å²) in [6, 6.07) is 7.19. The molecule has 1 fully saturated rings. The highest BCUT2D eigenvalue weighted by atomic mass is 16.6. The smallest absolute Gasteiger partial charge is 0.409 e. The van der Waals surface area contributed by atoms with Crippen molar-refractivity contribution in [3.05, 3.63) is 29.8 Å². The quantitative estimate of drug-likeness (QED) is 0.896. The zero-order valence-electron chi connectivity index (χ0n) is 11.5. The number of rotatable bonds is 3. The number of nitrogens with zero attached hydrogens (tertiary/aromatic N) is 2. The Bertz CT molecular complexity index is 479. The van der Waals surface area contributed by atoms with E-state index in [0.717, 1.165) is 18.8 Å². The molecular formula is C14H19N3O3. The summed E-state index contributed by atoms with van der Waals surface area (Å²) in [5.41, 5.74) is 6.74. The molecule has 0 bridgehead atoms. The first-order chi connectivity index (χ1) is 9.61. The minimum absolute atomic E-state index is 0.253. The number of amides is 2. The second-order valence-corrected chi connectivity index (χ2v) is 4.58. The van der Waals surface area contributed by atoms with Gasteiger partial charge >= 0.3 is 6.09 Å². The number of hydrogen-bond donors (Lipinski definition) is 1. The van der Waals surface area contributed by atoms with E-state index in [1.807, 2.05) is 12.1 Å². The number of carbonyl (C=O) groups is 2. The summed E-state index contributed by atoms with van der Waals surface area (Å²) >= 11 is 0.